The average molecular weight is 453 g/mol. The summed E-state index contributed by atoms with van der Waals surface area (Å²) in [6, 6.07) is 9.29. The smallest absolute Gasteiger partial charge is 0.228 e. The molecule has 2 unspecified atom stereocenters. The van der Waals surface area contributed by atoms with Gasteiger partial charge in [-0.25, -0.2) is 4.98 Å². The van der Waals surface area contributed by atoms with Crippen molar-refractivity contribution in [3.8, 4) is 11.4 Å². The average Bonchev–Trinajstić information content (AvgIpc) is 3.55. The zero-order valence-electron chi connectivity index (χ0n) is 17.5. The number of hydrogen-bond acceptors (Lipinski definition) is 9. The van der Waals surface area contributed by atoms with Crippen LogP contribution in [0, 0.1) is 6.92 Å². The highest BCUT2D eigenvalue weighted by Gasteiger charge is 2.37. The molecule has 0 aliphatic carbocycles. The zero-order chi connectivity index (χ0) is 22.1. The minimum Gasteiger partial charge on any atom is -0.380 e. The van der Waals surface area contributed by atoms with E-state index in [0.29, 0.717) is 47.0 Å². The van der Waals surface area contributed by atoms with Crippen LogP contribution in [0.1, 0.15) is 23.9 Å². The van der Waals surface area contributed by atoms with Gasteiger partial charge in [-0.1, -0.05) is 22.8 Å². The largest absolute Gasteiger partial charge is 0.380 e. The van der Waals surface area contributed by atoms with Crippen LogP contribution in [0.15, 0.2) is 47.2 Å². The Balaban J connectivity index is 1.45. The summed E-state index contributed by atoms with van der Waals surface area (Å²) in [5.41, 5.74) is 2.35. The minimum absolute atomic E-state index is 0.00641. The fourth-order valence-electron chi connectivity index (χ4n) is 3.73. The predicted octanol–water partition coefficient (Wildman–Crippen LogP) is 3.92. The van der Waals surface area contributed by atoms with Crippen molar-refractivity contribution in [2.45, 2.75) is 25.5 Å². The van der Waals surface area contributed by atoms with E-state index in [0.717, 1.165) is 11.4 Å². The number of nitrogens with zero attached hydrogens (tertiary/aromatic N) is 6. The number of nitrogens with one attached hydrogen (secondary N) is 2. The van der Waals surface area contributed by atoms with Crippen molar-refractivity contribution in [3.05, 3.63) is 59.2 Å². The molecule has 164 valence electrons. The lowest BCUT2D eigenvalue weighted by atomic mass is 10.1. The van der Waals surface area contributed by atoms with Crippen molar-refractivity contribution in [2.24, 2.45) is 0 Å². The third kappa shape index (κ3) is 4.02. The van der Waals surface area contributed by atoms with E-state index >= 15 is 0 Å². The van der Waals surface area contributed by atoms with Gasteiger partial charge in [0, 0.05) is 44.1 Å². The summed E-state index contributed by atoms with van der Waals surface area (Å²) in [6.45, 7) is 2.52. The Morgan fingerprint density at radius 3 is 2.91 bits per heavy atom. The third-order valence-corrected chi connectivity index (χ3v) is 5.60. The van der Waals surface area contributed by atoms with Crippen molar-refractivity contribution in [1.29, 1.82) is 0 Å². The van der Waals surface area contributed by atoms with E-state index < -0.39 is 0 Å². The number of methoxy groups -OCH3 is 1. The highest BCUT2D eigenvalue weighted by molar-refractivity contribution is 6.32. The Labute approximate surface area is 189 Å². The van der Waals surface area contributed by atoms with E-state index in [4.69, 9.17) is 20.9 Å². The van der Waals surface area contributed by atoms with E-state index in [1.165, 1.54) is 0 Å². The monoisotopic (exact) mass is 452 g/mol. The maximum absolute atomic E-state index is 6.34. The van der Waals surface area contributed by atoms with Crippen LogP contribution in [0.2, 0.25) is 5.02 Å². The number of aromatic nitrogens is 6. The molecule has 1 saturated heterocycles. The second-order valence-corrected chi connectivity index (χ2v) is 7.93. The van der Waals surface area contributed by atoms with Gasteiger partial charge in [0.15, 0.2) is 17.4 Å². The molecule has 11 heteroatoms. The normalized spacial score (nSPS) is 18.3. The lowest BCUT2D eigenvalue weighted by Crippen LogP contribution is -2.26. The van der Waals surface area contributed by atoms with Crippen molar-refractivity contribution in [1.82, 2.24) is 30.3 Å². The van der Waals surface area contributed by atoms with Crippen LogP contribution in [-0.2, 0) is 4.74 Å². The Morgan fingerprint density at radius 1 is 1.25 bits per heavy atom. The van der Waals surface area contributed by atoms with Gasteiger partial charge in [-0.15, -0.1) is 0 Å². The Bertz CT molecular complexity index is 1210. The summed E-state index contributed by atoms with van der Waals surface area (Å²) in [7, 11) is 1.69. The number of aryl methyl sites for hydroxylation is 1. The number of anilines is 3. The van der Waals surface area contributed by atoms with E-state index in [9.17, 15) is 0 Å². The molecule has 0 amide bonds. The van der Waals surface area contributed by atoms with Gasteiger partial charge in [-0.3, -0.25) is 10.1 Å². The van der Waals surface area contributed by atoms with Crippen LogP contribution in [0.4, 0.5) is 17.6 Å². The Kier molecular flexibility index (Phi) is 5.46. The topological polar surface area (TPSA) is 118 Å². The van der Waals surface area contributed by atoms with E-state index in [1.807, 2.05) is 42.2 Å². The lowest BCUT2D eigenvalue weighted by Gasteiger charge is -2.22. The second kappa shape index (κ2) is 8.56. The molecular weight excluding hydrogens is 432 g/mol. The number of rotatable bonds is 6. The van der Waals surface area contributed by atoms with Crippen molar-refractivity contribution >= 4 is 29.2 Å². The first-order valence-electron chi connectivity index (χ1n) is 10.1. The third-order valence-electron chi connectivity index (χ3n) is 5.32. The van der Waals surface area contributed by atoms with Crippen molar-refractivity contribution in [3.63, 3.8) is 0 Å². The van der Waals surface area contributed by atoms with Crippen LogP contribution in [-0.4, -0.2) is 50.1 Å². The minimum atomic E-state index is -0.147. The zero-order valence-corrected chi connectivity index (χ0v) is 18.2. The van der Waals surface area contributed by atoms with Crippen molar-refractivity contribution in [2.75, 3.05) is 23.9 Å². The number of hydrogen-bond donors (Lipinski definition) is 2. The summed E-state index contributed by atoms with van der Waals surface area (Å²) < 4.78 is 11.3. The fourth-order valence-corrected chi connectivity index (χ4v) is 3.87. The van der Waals surface area contributed by atoms with Gasteiger partial charge in [0.05, 0.1) is 24.0 Å². The molecule has 4 aromatic rings. The number of aromatic amines is 1. The van der Waals surface area contributed by atoms with Gasteiger partial charge in [0.1, 0.15) is 10.7 Å². The molecule has 4 aromatic heterocycles. The molecule has 5 rings (SSSR count). The summed E-state index contributed by atoms with van der Waals surface area (Å²) >= 11 is 6.34. The van der Waals surface area contributed by atoms with Crippen LogP contribution >= 0.6 is 11.6 Å². The van der Waals surface area contributed by atoms with Crippen LogP contribution in [0.3, 0.4) is 0 Å². The SMILES string of the molecule is COC1CC(c2cc(-c3ccccn3)no2)N(c2ncc(Cl)c(Nc3cc(C)[nH]n3)n2)C1. The molecule has 2 atom stereocenters. The van der Waals surface area contributed by atoms with Gasteiger partial charge >= 0.3 is 0 Å². The van der Waals surface area contributed by atoms with Gasteiger partial charge < -0.3 is 19.5 Å². The molecule has 5 heterocycles. The molecule has 0 radical (unpaired) electrons. The first kappa shape index (κ1) is 20.4. The molecule has 0 aromatic carbocycles. The quantitative estimate of drug-likeness (QED) is 0.448. The molecule has 1 aliphatic rings. The number of halogens is 1. The van der Waals surface area contributed by atoms with Crippen LogP contribution < -0.4 is 10.2 Å². The summed E-state index contributed by atoms with van der Waals surface area (Å²) in [5.74, 6) is 2.29. The van der Waals surface area contributed by atoms with Crippen molar-refractivity contribution < 1.29 is 9.26 Å². The molecule has 0 saturated carbocycles. The van der Waals surface area contributed by atoms with Gasteiger partial charge in [0.2, 0.25) is 5.95 Å². The highest BCUT2D eigenvalue weighted by Crippen LogP contribution is 2.38. The van der Waals surface area contributed by atoms with E-state index in [-0.39, 0.29) is 12.1 Å². The molecule has 0 bridgehead atoms. The first-order valence-corrected chi connectivity index (χ1v) is 10.5. The lowest BCUT2D eigenvalue weighted by molar-refractivity contribution is 0.117. The Hall–Kier alpha value is -3.50. The molecule has 0 spiro atoms. The van der Waals surface area contributed by atoms with E-state index in [2.05, 4.69) is 35.6 Å². The van der Waals surface area contributed by atoms with Gasteiger partial charge in [-0.2, -0.15) is 10.1 Å². The number of H-pyrrole nitrogens is 1. The standard InChI is InChI=1S/C21H21ClN8O2/c1-12-7-19(28-27-12)25-20-14(22)10-24-21(26-20)30-11-13(31-2)8-17(30)18-9-16(29-32-18)15-5-3-4-6-23-15/h3-7,9-10,13,17H,8,11H2,1-2H3,(H2,24,25,26,27,28). The second-order valence-electron chi connectivity index (χ2n) is 7.52. The van der Waals surface area contributed by atoms with E-state index in [1.54, 1.807) is 19.5 Å². The number of pyridine rings is 1. The van der Waals surface area contributed by atoms with Crippen LogP contribution in [0.5, 0.6) is 0 Å². The molecule has 10 nitrogen and oxygen atoms in total. The first-order chi connectivity index (χ1) is 15.6. The van der Waals surface area contributed by atoms with Gasteiger partial charge in [-0.05, 0) is 19.1 Å². The molecule has 1 aliphatic heterocycles. The number of ether oxygens (including phenoxy) is 1. The summed E-state index contributed by atoms with van der Waals surface area (Å²) in [5, 5.41) is 14.8. The molecule has 1 fully saturated rings. The Morgan fingerprint density at radius 2 is 2.16 bits per heavy atom. The van der Waals surface area contributed by atoms with Gasteiger partial charge in [0.25, 0.3) is 0 Å². The molecule has 32 heavy (non-hydrogen) atoms. The summed E-state index contributed by atoms with van der Waals surface area (Å²) in [6.07, 6.45) is 4.00. The molecular formula is C21H21ClN8O2. The maximum atomic E-state index is 6.34. The maximum Gasteiger partial charge on any atom is 0.228 e. The summed E-state index contributed by atoms with van der Waals surface area (Å²) in [4.78, 5) is 15.5. The molecule has 2 N–H and O–H groups in total. The fraction of sp³-hybridized carbons (Fsp3) is 0.286. The highest BCUT2D eigenvalue weighted by atomic mass is 35.5. The van der Waals surface area contributed by atoms with Crippen LogP contribution in [0.25, 0.3) is 11.4 Å². The predicted molar refractivity (Wildman–Crippen MR) is 119 cm³/mol.